The minimum absolute atomic E-state index is 0.0918. The number of rotatable bonds is 3. The second kappa shape index (κ2) is 5.38. The van der Waals surface area contributed by atoms with E-state index >= 15 is 0 Å². The maximum Gasteiger partial charge on any atom is 0.115 e. The van der Waals surface area contributed by atoms with Crippen LogP contribution in [0.5, 0.6) is 0 Å². The minimum Gasteiger partial charge on any atom is -0.375 e. The Labute approximate surface area is 115 Å². The molecule has 1 aromatic heterocycles. The summed E-state index contributed by atoms with van der Waals surface area (Å²) in [6, 6.07) is 7.37. The number of nitriles is 1. The number of aryl methyl sites for hydroxylation is 1. The van der Waals surface area contributed by atoms with Gasteiger partial charge < -0.3 is 5.32 Å². The van der Waals surface area contributed by atoms with Crippen LogP contribution in [-0.2, 0) is 0 Å². The number of nitrogens with zero attached hydrogens (tertiary/aromatic N) is 2. The van der Waals surface area contributed by atoms with E-state index in [9.17, 15) is 0 Å². The van der Waals surface area contributed by atoms with Gasteiger partial charge in [0.05, 0.1) is 28.4 Å². The van der Waals surface area contributed by atoms with Gasteiger partial charge in [-0.2, -0.15) is 5.26 Å². The van der Waals surface area contributed by atoms with Crippen molar-refractivity contribution in [2.24, 2.45) is 0 Å². The van der Waals surface area contributed by atoms with Crippen LogP contribution in [0.25, 0.3) is 0 Å². The first kappa shape index (κ1) is 12.9. The maximum atomic E-state index is 8.78. The zero-order valence-electron chi connectivity index (χ0n) is 10.1. The van der Waals surface area contributed by atoms with E-state index in [4.69, 9.17) is 16.9 Å². The van der Waals surface area contributed by atoms with Crippen molar-refractivity contribution in [2.75, 3.05) is 5.32 Å². The summed E-state index contributed by atoms with van der Waals surface area (Å²) in [5.74, 6) is 0. The predicted octanol–water partition coefficient (Wildman–Crippen LogP) is 4.15. The Hall–Kier alpha value is -1.57. The normalized spacial score (nSPS) is 11.9. The van der Waals surface area contributed by atoms with Gasteiger partial charge in [0.2, 0.25) is 0 Å². The average molecular weight is 278 g/mol. The molecule has 0 amide bonds. The molecule has 0 saturated carbocycles. The van der Waals surface area contributed by atoms with Crippen molar-refractivity contribution in [3.8, 4) is 6.07 Å². The first-order valence-electron chi connectivity index (χ1n) is 5.48. The Balaban J connectivity index is 2.17. The van der Waals surface area contributed by atoms with Gasteiger partial charge in [0, 0.05) is 11.1 Å². The molecule has 2 aromatic rings. The molecule has 3 nitrogen and oxygen atoms in total. The molecule has 1 atom stereocenters. The van der Waals surface area contributed by atoms with Crippen LogP contribution < -0.4 is 5.32 Å². The topological polar surface area (TPSA) is 48.7 Å². The van der Waals surface area contributed by atoms with Gasteiger partial charge in [-0.25, -0.2) is 4.98 Å². The smallest absolute Gasteiger partial charge is 0.115 e. The van der Waals surface area contributed by atoms with Gasteiger partial charge in [-0.15, -0.1) is 11.3 Å². The molecule has 1 aromatic carbocycles. The number of aromatic nitrogens is 1. The van der Waals surface area contributed by atoms with Gasteiger partial charge in [-0.3, -0.25) is 0 Å². The standard InChI is InChI=1S/C13H12ClN3S/c1-8-7-16-13(18-8)9(2)17-12-4-3-10(6-15)5-11(12)14/h3-5,7,9,17H,1-2H3. The van der Waals surface area contributed by atoms with E-state index in [-0.39, 0.29) is 6.04 Å². The summed E-state index contributed by atoms with van der Waals surface area (Å²) in [4.78, 5) is 5.52. The molecule has 0 radical (unpaired) electrons. The molecule has 2 rings (SSSR count). The molecule has 0 aliphatic heterocycles. The Morgan fingerprint density at radius 3 is 2.83 bits per heavy atom. The van der Waals surface area contributed by atoms with E-state index in [2.05, 4.69) is 16.4 Å². The summed E-state index contributed by atoms with van der Waals surface area (Å²) >= 11 is 7.77. The first-order chi connectivity index (χ1) is 8.60. The Bertz CT molecular complexity index is 601. The molecule has 0 aliphatic carbocycles. The van der Waals surface area contributed by atoms with Gasteiger partial charge in [-0.1, -0.05) is 11.6 Å². The third-order valence-electron chi connectivity index (χ3n) is 2.48. The summed E-state index contributed by atoms with van der Waals surface area (Å²) in [5.41, 5.74) is 1.37. The highest BCUT2D eigenvalue weighted by atomic mass is 35.5. The van der Waals surface area contributed by atoms with E-state index in [1.807, 2.05) is 26.1 Å². The van der Waals surface area contributed by atoms with E-state index < -0.39 is 0 Å². The number of nitrogens with one attached hydrogen (secondary N) is 1. The van der Waals surface area contributed by atoms with Crippen LogP contribution in [0.1, 0.15) is 28.4 Å². The summed E-state index contributed by atoms with van der Waals surface area (Å²) in [6.45, 7) is 4.06. The number of thiazole rings is 1. The van der Waals surface area contributed by atoms with Crippen molar-refractivity contribution >= 4 is 28.6 Å². The second-order valence-corrected chi connectivity index (χ2v) is 5.66. The average Bonchev–Trinajstić information content (AvgIpc) is 2.78. The molecular weight excluding hydrogens is 266 g/mol. The third-order valence-corrected chi connectivity index (χ3v) is 3.89. The van der Waals surface area contributed by atoms with Crippen molar-refractivity contribution in [2.45, 2.75) is 19.9 Å². The summed E-state index contributed by atoms with van der Waals surface area (Å²) < 4.78 is 0. The molecule has 0 saturated heterocycles. The van der Waals surface area contributed by atoms with Gasteiger partial charge >= 0.3 is 0 Å². The molecule has 0 bridgehead atoms. The number of hydrogen-bond donors (Lipinski definition) is 1. The van der Waals surface area contributed by atoms with Crippen molar-refractivity contribution in [3.05, 3.63) is 44.9 Å². The van der Waals surface area contributed by atoms with Crippen LogP contribution in [0.4, 0.5) is 5.69 Å². The largest absolute Gasteiger partial charge is 0.375 e. The molecule has 5 heteroatoms. The second-order valence-electron chi connectivity index (χ2n) is 3.98. The molecule has 0 spiro atoms. The van der Waals surface area contributed by atoms with Crippen LogP contribution in [0.2, 0.25) is 5.02 Å². The lowest BCUT2D eigenvalue weighted by Gasteiger charge is -2.14. The quantitative estimate of drug-likeness (QED) is 0.917. The number of hydrogen-bond acceptors (Lipinski definition) is 4. The number of anilines is 1. The van der Waals surface area contributed by atoms with Crippen LogP contribution in [0.15, 0.2) is 24.4 Å². The fourth-order valence-corrected chi connectivity index (χ4v) is 2.58. The van der Waals surface area contributed by atoms with Gasteiger partial charge in [0.15, 0.2) is 0 Å². The predicted molar refractivity (Wildman–Crippen MR) is 75.1 cm³/mol. The molecule has 0 fully saturated rings. The zero-order chi connectivity index (χ0) is 13.1. The minimum atomic E-state index is 0.0918. The SMILES string of the molecule is Cc1cnc(C(C)Nc2ccc(C#N)cc2Cl)s1. The number of halogens is 1. The van der Waals surface area contributed by atoms with Crippen LogP contribution in [-0.4, -0.2) is 4.98 Å². The van der Waals surface area contributed by atoms with Crippen molar-refractivity contribution in [3.63, 3.8) is 0 Å². The van der Waals surface area contributed by atoms with Gasteiger partial charge in [0.25, 0.3) is 0 Å². The van der Waals surface area contributed by atoms with Crippen molar-refractivity contribution in [1.82, 2.24) is 4.98 Å². The van der Waals surface area contributed by atoms with Gasteiger partial charge in [-0.05, 0) is 32.0 Å². The lowest BCUT2D eigenvalue weighted by Crippen LogP contribution is -2.06. The molecular formula is C13H12ClN3S. The summed E-state index contributed by atoms with van der Waals surface area (Å²) in [7, 11) is 0. The highest BCUT2D eigenvalue weighted by Crippen LogP contribution is 2.28. The van der Waals surface area contributed by atoms with Crippen LogP contribution in [0.3, 0.4) is 0 Å². The Morgan fingerprint density at radius 1 is 1.50 bits per heavy atom. The molecule has 1 unspecified atom stereocenters. The van der Waals surface area contributed by atoms with E-state index in [0.717, 1.165) is 10.7 Å². The van der Waals surface area contributed by atoms with Crippen molar-refractivity contribution in [1.29, 1.82) is 5.26 Å². The lowest BCUT2D eigenvalue weighted by molar-refractivity contribution is 0.870. The molecule has 92 valence electrons. The van der Waals surface area contributed by atoms with E-state index in [1.165, 1.54) is 4.88 Å². The molecule has 0 aliphatic rings. The van der Waals surface area contributed by atoms with Gasteiger partial charge in [0.1, 0.15) is 5.01 Å². The van der Waals surface area contributed by atoms with Crippen molar-refractivity contribution < 1.29 is 0 Å². The fraction of sp³-hybridized carbons (Fsp3) is 0.231. The third kappa shape index (κ3) is 2.81. The van der Waals surface area contributed by atoms with Crippen LogP contribution in [0, 0.1) is 18.3 Å². The summed E-state index contributed by atoms with van der Waals surface area (Å²) in [6.07, 6.45) is 1.86. The highest BCUT2D eigenvalue weighted by molar-refractivity contribution is 7.11. The maximum absolute atomic E-state index is 8.78. The molecule has 1 heterocycles. The summed E-state index contributed by atoms with van der Waals surface area (Å²) in [5, 5.41) is 13.6. The fourth-order valence-electron chi connectivity index (χ4n) is 1.57. The highest BCUT2D eigenvalue weighted by Gasteiger charge is 2.11. The Morgan fingerprint density at radius 2 is 2.28 bits per heavy atom. The molecule has 18 heavy (non-hydrogen) atoms. The van der Waals surface area contributed by atoms with E-state index in [0.29, 0.717) is 10.6 Å². The monoisotopic (exact) mass is 277 g/mol. The van der Waals surface area contributed by atoms with Crippen LogP contribution >= 0.6 is 22.9 Å². The zero-order valence-corrected chi connectivity index (χ0v) is 11.6. The number of benzene rings is 1. The molecule has 1 N–H and O–H groups in total. The Kier molecular flexibility index (Phi) is 3.85. The van der Waals surface area contributed by atoms with E-state index in [1.54, 1.807) is 23.5 Å². The lowest BCUT2D eigenvalue weighted by atomic mass is 10.2. The first-order valence-corrected chi connectivity index (χ1v) is 6.68.